The molecule has 0 atom stereocenters. The molecule has 2 heterocycles. The first-order valence-corrected chi connectivity index (χ1v) is 13.4. The third-order valence-electron chi connectivity index (χ3n) is 7.44. The maximum Gasteiger partial charge on any atom is 0.265 e. The molecule has 1 saturated carbocycles. The van der Waals surface area contributed by atoms with E-state index in [1.165, 1.54) is 19.2 Å². The first-order chi connectivity index (χ1) is 16.7. The van der Waals surface area contributed by atoms with Crippen molar-refractivity contribution in [3.05, 3.63) is 47.5 Å². The second-order valence-electron chi connectivity index (χ2n) is 9.64. The van der Waals surface area contributed by atoms with Gasteiger partial charge in [-0.15, -0.1) is 0 Å². The van der Waals surface area contributed by atoms with Crippen LogP contribution in [0.3, 0.4) is 0 Å². The number of likely N-dealkylation sites (tertiary alicyclic amines) is 1. The number of piperidine rings is 1. The van der Waals surface area contributed by atoms with Crippen LogP contribution in [0.5, 0.6) is 5.75 Å². The van der Waals surface area contributed by atoms with Gasteiger partial charge in [-0.25, -0.2) is 8.42 Å². The summed E-state index contributed by atoms with van der Waals surface area (Å²) in [5.41, 5.74) is 0.981. The number of amides is 2. The molecule has 0 aromatic heterocycles. The molecule has 1 spiro atoms. The molecule has 1 aliphatic carbocycles. The lowest BCUT2D eigenvalue weighted by Gasteiger charge is -2.36. The van der Waals surface area contributed by atoms with Gasteiger partial charge in [-0.3, -0.25) is 14.3 Å². The van der Waals surface area contributed by atoms with E-state index >= 15 is 0 Å². The van der Waals surface area contributed by atoms with Gasteiger partial charge in [0.15, 0.2) is 0 Å². The Labute approximate surface area is 205 Å². The van der Waals surface area contributed by atoms with E-state index in [0.29, 0.717) is 24.1 Å². The smallest absolute Gasteiger partial charge is 0.265 e. The Morgan fingerprint density at radius 1 is 1.17 bits per heavy atom. The summed E-state index contributed by atoms with van der Waals surface area (Å²) in [7, 11) is -0.545. The van der Waals surface area contributed by atoms with Crippen LogP contribution >= 0.6 is 0 Å². The van der Waals surface area contributed by atoms with Crippen LogP contribution in [-0.4, -0.2) is 58.4 Å². The van der Waals surface area contributed by atoms with E-state index in [9.17, 15) is 18.0 Å². The topological polar surface area (TPSA) is 117 Å². The highest BCUT2D eigenvalue weighted by Crippen LogP contribution is 2.53. The Morgan fingerprint density at radius 2 is 1.89 bits per heavy atom. The number of hydrogen-bond donors (Lipinski definition) is 3. The summed E-state index contributed by atoms with van der Waals surface area (Å²) in [5.74, 6) is -0.226. The summed E-state index contributed by atoms with van der Waals surface area (Å²) in [6, 6.07) is 9.56. The molecule has 0 radical (unpaired) electrons. The predicted molar refractivity (Wildman–Crippen MR) is 132 cm³/mol. The zero-order valence-corrected chi connectivity index (χ0v) is 20.7. The van der Waals surface area contributed by atoms with Crippen LogP contribution < -0.4 is 20.1 Å². The van der Waals surface area contributed by atoms with Gasteiger partial charge in [0.1, 0.15) is 10.6 Å². The van der Waals surface area contributed by atoms with Crippen molar-refractivity contribution < 1.29 is 22.7 Å². The monoisotopic (exact) mass is 498 g/mol. The first-order valence-electron chi connectivity index (χ1n) is 11.9. The van der Waals surface area contributed by atoms with E-state index in [1.54, 1.807) is 24.3 Å². The maximum atomic E-state index is 13.4. The largest absolute Gasteiger partial charge is 0.495 e. The Balaban J connectivity index is 1.52. The van der Waals surface area contributed by atoms with Crippen molar-refractivity contribution in [3.8, 4) is 5.75 Å². The minimum atomic E-state index is -4.01. The molecule has 2 aromatic carbocycles. The average Bonchev–Trinajstić information content (AvgIpc) is 3.11. The Hall–Kier alpha value is -3.11. The molecule has 3 N–H and O–H groups in total. The Bertz CT molecular complexity index is 1280. The molecule has 10 heteroatoms. The van der Waals surface area contributed by atoms with Crippen LogP contribution in [-0.2, 0) is 20.2 Å². The van der Waals surface area contributed by atoms with Crippen LogP contribution in [0.25, 0.3) is 0 Å². The van der Waals surface area contributed by atoms with Crippen LogP contribution in [0.4, 0.5) is 11.4 Å². The zero-order chi connectivity index (χ0) is 24.8. The molecule has 2 amide bonds. The summed E-state index contributed by atoms with van der Waals surface area (Å²) in [6.07, 6.45) is 3.91. The summed E-state index contributed by atoms with van der Waals surface area (Å²) >= 11 is 0. The molecule has 5 rings (SSSR count). The number of carbonyl (C=O) groups excluding carboxylic acids is 2. The fourth-order valence-electron chi connectivity index (χ4n) is 5.24. The van der Waals surface area contributed by atoms with Crippen molar-refractivity contribution in [2.75, 3.05) is 37.3 Å². The standard InChI is InChI=1S/C25H30N4O5S/c1-29-12-8-16(9-13-29)26-23(30)18-14-17(15-19-22(18)27-24(31)25(19)10-5-11-25)28-35(32,33)21-7-4-3-6-20(21)34-2/h3-4,6-7,14-16,28H,5,8-13H2,1-2H3,(H,26,30)(H,27,31). The molecule has 0 unspecified atom stereocenters. The quantitative estimate of drug-likeness (QED) is 0.564. The lowest BCUT2D eigenvalue weighted by molar-refractivity contribution is -0.123. The number of ether oxygens (including phenoxy) is 1. The number of para-hydroxylation sites is 1. The van der Waals surface area contributed by atoms with Crippen LogP contribution in [0.15, 0.2) is 41.3 Å². The minimum absolute atomic E-state index is 0.00659. The maximum absolute atomic E-state index is 13.4. The normalized spacial score (nSPS) is 19.5. The van der Waals surface area contributed by atoms with Crippen LogP contribution in [0.2, 0.25) is 0 Å². The number of benzene rings is 2. The average molecular weight is 499 g/mol. The van der Waals surface area contributed by atoms with Gasteiger partial charge in [-0.2, -0.15) is 0 Å². The van der Waals surface area contributed by atoms with E-state index in [4.69, 9.17) is 4.74 Å². The van der Waals surface area contributed by atoms with Crippen molar-refractivity contribution in [1.82, 2.24) is 10.2 Å². The number of anilines is 2. The lowest BCUT2D eigenvalue weighted by Crippen LogP contribution is -2.43. The molecule has 3 aliphatic rings. The summed E-state index contributed by atoms with van der Waals surface area (Å²) in [4.78, 5) is 28.5. The Kier molecular flexibility index (Phi) is 5.96. The van der Waals surface area contributed by atoms with Gasteiger partial charge in [0.05, 0.1) is 29.5 Å². The number of nitrogens with zero attached hydrogens (tertiary/aromatic N) is 1. The summed E-state index contributed by atoms with van der Waals surface area (Å²) in [5, 5.41) is 6.01. The van der Waals surface area contributed by atoms with E-state index in [0.717, 1.165) is 32.4 Å². The molecule has 2 fully saturated rings. The van der Waals surface area contributed by atoms with Gasteiger partial charge in [-0.05, 0) is 75.6 Å². The number of hydrogen-bond acceptors (Lipinski definition) is 6. The van der Waals surface area contributed by atoms with E-state index < -0.39 is 15.4 Å². The number of sulfonamides is 1. The number of methoxy groups -OCH3 is 1. The zero-order valence-electron chi connectivity index (χ0n) is 19.9. The summed E-state index contributed by atoms with van der Waals surface area (Å²) in [6.45, 7) is 1.78. The second kappa shape index (κ2) is 8.83. The summed E-state index contributed by atoms with van der Waals surface area (Å²) < 4.78 is 34.3. The third kappa shape index (κ3) is 4.14. The second-order valence-corrected chi connectivity index (χ2v) is 11.3. The van der Waals surface area contributed by atoms with Crippen molar-refractivity contribution in [2.45, 2.75) is 48.5 Å². The van der Waals surface area contributed by atoms with Gasteiger partial charge >= 0.3 is 0 Å². The SMILES string of the molecule is COc1ccccc1S(=O)(=O)Nc1cc(C(=O)NC2CCN(C)CC2)c2c(c1)C1(CCC1)C(=O)N2. The van der Waals surface area contributed by atoms with Crippen LogP contribution in [0, 0.1) is 0 Å². The molecule has 0 bridgehead atoms. The van der Waals surface area contributed by atoms with E-state index in [-0.39, 0.29) is 39.8 Å². The van der Waals surface area contributed by atoms with E-state index in [1.807, 2.05) is 0 Å². The number of fused-ring (bicyclic) bond motifs is 2. The molecule has 186 valence electrons. The Morgan fingerprint density at radius 3 is 2.54 bits per heavy atom. The molecule has 1 saturated heterocycles. The molecule has 2 aliphatic heterocycles. The fraction of sp³-hybridized carbons (Fsp3) is 0.440. The predicted octanol–water partition coefficient (Wildman–Crippen LogP) is 2.69. The number of nitrogens with one attached hydrogen (secondary N) is 3. The molecular weight excluding hydrogens is 468 g/mol. The third-order valence-corrected chi connectivity index (χ3v) is 8.86. The highest BCUT2D eigenvalue weighted by Gasteiger charge is 2.52. The van der Waals surface area contributed by atoms with Crippen LogP contribution in [0.1, 0.15) is 48.0 Å². The van der Waals surface area contributed by atoms with Crippen molar-refractivity contribution in [1.29, 1.82) is 0 Å². The highest BCUT2D eigenvalue weighted by atomic mass is 32.2. The van der Waals surface area contributed by atoms with Gasteiger partial charge in [-0.1, -0.05) is 18.6 Å². The molecular formula is C25H30N4O5S. The van der Waals surface area contributed by atoms with Crippen molar-refractivity contribution >= 4 is 33.2 Å². The van der Waals surface area contributed by atoms with Gasteiger partial charge in [0.2, 0.25) is 5.91 Å². The van der Waals surface area contributed by atoms with Crippen molar-refractivity contribution in [3.63, 3.8) is 0 Å². The van der Waals surface area contributed by atoms with Gasteiger partial charge < -0.3 is 20.3 Å². The van der Waals surface area contributed by atoms with Crippen molar-refractivity contribution in [2.24, 2.45) is 0 Å². The number of carbonyl (C=O) groups is 2. The first kappa shape index (κ1) is 23.6. The van der Waals surface area contributed by atoms with E-state index in [2.05, 4.69) is 27.3 Å². The molecule has 2 aromatic rings. The minimum Gasteiger partial charge on any atom is -0.495 e. The fourth-order valence-corrected chi connectivity index (χ4v) is 6.45. The molecule has 9 nitrogen and oxygen atoms in total. The molecule has 35 heavy (non-hydrogen) atoms. The number of rotatable bonds is 6. The highest BCUT2D eigenvalue weighted by molar-refractivity contribution is 7.92. The van der Waals surface area contributed by atoms with Gasteiger partial charge in [0, 0.05) is 6.04 Å². The lowest BCUT2D eigenvalue weighted by atomic mass is 9.65. The van der Waals surface area contributed by atoms with Gasteiger partial charge in [0.25, 0.3) is 15.9 Å².